The van der Waals surface area contributed by atoms with Crippen LogP contribution in [-0.2, 0) is 0 Å². The molecule has 1 aromatic heterocycles. The quantitative estimate of drug-likeness (QED) is 0.329. The molecule has 0 radical (unpaired) electrons. The van der Waals surface area contributed by atoms with Gasteiger partial charge in [0.15, 0.2) is 0 Å². The zero-order chi connectivity index (χ0) is 15.1. The number of unbranched alkanes of at least 4 members (excludes halogenated alkanes) is 2. The topological polar surface area (TPSA) is 97.3 Å². The first kappa shape index (κ1) is 16.2. The Kier molecular flexibility index (Phi) is 6.17. The van der Waals surface area contributed by atoms with Gasteiger partial charge in [0.1, 0.15) is 5.82 Å². The van der Waals surface area contributed by atoms with Crippen LogP contribution >= 0.6 is 0 Å². The molecule has 20 heavy (non-hydrogen) atoms. The second kappa shape index (κ2) is 7.64. The van der Waals surface area contributed by atoms with Crippen LogP contribution in [0.4, 0.5) is 17.3 Å². The van der Waals surface area contributed by atoms with Crippen molar-refractivity contribution < 1.29 is 4.92 Å². The number of rotatable bonds is 8. The molecule has 0 aliphatic heterocycles. The minimum absolute atomic E-state index is 0.00852. The van der Waals surface area contributed by atoms with Crippen molar-refractivity contribution >= 4 is 17.3 Å². The molecule has 0 saturated carbocycles. The van der Waals surface area contributed by atoms with Crippen molar-refractivity contribution in [3.63, 3.8) is 0 Å². The molecule has 0 bridgehead atoms. The van der Waals surface area contributed by atoms with Gasteiger partial charge in [0.25, 0.3) is 0 Å². The molecule has 0 fully saturated rings. The maximum Gasteiger partial charge on any atom is 0.311 e. The van der Waals surface area contributed by atoms with Crippen LogP contribution < -0.4 is 16.2 Å². The van der Waals surface area contributed by atoms with Crippen LogP contribution in [0.5, 0.6) is 0 Å². The summed E-state index contributed by atoms with van der Waals surface area (Å²) in [4.78, 5) is 17.0. The lowest BCUT2D eigenvalue weighted by Crippen LogP contribution is -2.33. The van der Waals surface area contributed by atoms with Crippen molar-refractivity contribution in [1.82, 2.24) is 4.98 Å². The zero-order valence-electron chi connectivity index (χ0n) is 12.3. The lowest BCUT2D eigenvalue weighted by atomic mass is 10.2. The Bertz CT molecular complexity index is 450. The number of hydrogen-bond acceptors (Lipinski definition) is 6. The van der Waals surface area contributed by atoms with E-state index in [0.717, 1.165) is 25.8 Å². The number of nitrogen functional groups attached to an aromatic ring is 1. The summed E-state index contributed by atoms with van der Waals surface area (Å²) in [5.41, 5.74) is 2.44. The molecule has 0 atom stereocenters. The van der Waals surface area contributed by atoms with E-state index in [1.807, 2.05) is 18.7 Å². The van der Waals surface area contributed by atoms with Crippen LogP contribution in [0, 0.1) is 10.1 Å². The normalized spacial score (nSPS) is 10.7. The van der Waals surface area contributed by atoms with Gasteiger partial charge in [-0.05, 0) is 26.3 Å². The number of nitro groups is 1. The van der Waals surface area contributed by atoms with Crippen molar-refractivity contribution in [3.8, 4) is 0 Å². The fourth-order valence-corrected chi connectivity index (χ4v) is 2.02. The van der Waals surface area contributed by atoms with Gasteiger partial charge in [-0.25, -0.2) is 10.8 Å². The molecule has 0 unspecified atom stereocenters. The number of nitrogens with two attached hydrogens (primary N) is 1. The molecule has 1 aromatic rings. The number of hydrogen-bond donors (Lipinski definition) is 2. The SMILES string of the molecule is CCCCCN(c1nc(NN)ccc1[N+](=O)[O-])C(C)C. The third kappa shape index (κ3) is 4.06. The number of nitrogens with one attached hydrogen (secondary N) is 1. The minimum Gasteiger partial charge on any atom is -0.348 e. The number of anilines is 2. The highest BCUT2D eigenvalue weighted by atomic mass is 16.6. The highest BCUT2D eigenvalue weighted by molar-refractivity contribution is 5.62. The van der Waals surface area contributed by atoms with Gasteiger partial charge < -0.3 is 10.3 Å². The molecule has 7 nitrogen and oxygen atoms in total. The van der Waals surface area contributed by atoms with Crippen molar-refractivity contribution in [2.45, 2.75) is 46.1 Å². The van der Waals surface area contributed by atoms with Gasteiger partial charge in [-0.1, -0.05) is 19.8 Å². The molecule has 0 aromatic carbocycles. The van der Waals surface area contributed by atoms with E-state index in [1.54, 1.807) is 0 Å². The van der Waals surface area contributed by atoms with E-state index in [2.05, 4.69) is 17.3 Å². The van der Waals surface area contributed by atoms with Gasteiger partial charge in [0, 0.05) is 18.7 Å². The van der Waals surface area contributed by atoms with E-state index in [9.17, 15) is 10.1 Å². The second-order valence-electron chi connectivity index (χ2n) is 4.93. The Morgan fingerprint density at radius 3 is 2.65 bits per heavy atom. The highest BCUT2D eigenvalue weighted by Gasteiger charge is 2.23. The van der Waals surface area contributed by atoms with Crippen LogP contribution in [0.3, 0.4) is 0 Å². The van der Waals surface area contributed by atoms with Crippen LogP contribution in [0.2, 0.25) is 0 Å². The lowest BCUT2D eigenvalue weighted by molar-refractivity contribution is -0.384. The van der Waals surface area contributed by atoms with E-state index in [4.69, 9.17) is 5.84 Å². The summed E-state index contributed by atoms with van der Waals surface area (Å²) in [5.74, 6) is 6.14. The zero-order valence-corrected chi connectivity index (χ0v) is 12.3. The predicted octanol–water partition coefficient (Wildman–Crippen LogP) is 2.68. The Hall–Kier alpha value is -1.89. The molecule has 0 saturated heterocycles. The molecular formula is C13H23N5O2. The van der Waals surface area contributed by atoms with E-state index in [1.165, 1.54) is 12.1 Å². The number of hydrazine groups is 1. The third-order valence-electron chi connectivity index (χ3n) is 3.10. The predicted molar refractivity (Wildman–Crippen MR) is 80.7 cm³/mol. The van der Waals surface area contributed by atoms with Crippen molar-refractivity contribution in [1.29, 1.82) is 0 Å². The van der Waals surface area contributed by atoms with Gasteiger partial charge in [-0.2, -0.15) is 0 Å². The Morgan fingerprint density at radius 1 is 1.45 bits per heavy atom. The van der Waals surface area contributed by atoms with Crippen LogP contribution in [-0.4, -0.2) is 22.5 Å². The maximum atomic E-state index is 11.2. The summed E-state index contributed by atoms with van der Waals surface area (Å²) in [6, 6.07) is 3.07. The van der Waals surface area contributed by atoms with E-state index in [0.29, 0.717) is 11.6 Å². The fraction of sp³-hybridized carbons (Fsp3) is 0.615. The molecule has 0 aliphatic carbocycles. The van der Waals surface area contributed by atoms with E-state index in [-0.39, 0.29) is 11.7 Å². The Morgan fingerprint density at radius 2 is 2.15 bits per heavy atom. The highest BCUT2D eigenvalue weighted by Crippen LogP contribution is 2.29. The monoisotopic (exact) mass is 281 g/mol. The van der Waals surface area contributed by atoms with Crippen molar-refractivity contribution in [2.75, 3.05) is 16.9 Å². The van der Waals surface area contributed by atoms with Crippen LogP contribution in [0.15, 0.2) is 12.1 Å². The Labute approximate surface area is 119 Å². The van der Waals surface area contributed by atoms with Crippen molar-refractivity contribution in [3.05, 3.63) is 22.2 Å². The summed E-state index contributed by atoms with van der Waals surface area (Å²) in [6.45, 7) is 6.87. The average Bonchev–Trinajstić information content (AvgIpc) is 2.42. The molecule has 1 rings (SSSR count). The molecule has 112 valence electrons. The van der Waals surface area contributed by atoms with Gasteiger partial charge in [-0.15, -0.1) is 0 Å². The second-order valence-corrected chi connectivity index (χ2v) is 4.93. The molecular weight excluding hydrogens is 258 g/mol. The van der Waals surface area contributed by atoms with Gasteiger partial charge in [-0.3, -0.25) is 10.1 Å². The van der Waals surface area contributed by atoms with E-state index >= 15 is 0 Å². The number of nitrogens with zero attached hydrogens (tertiary/aromatic N) is 3. The van der Waals surface area contributed by atoms with E-state index < -0.39 is 4.92 Å². The first-order valence-corrected chi connectivity index (χ1v) is 6.90. The van der Waals surface area contributed by atoms with Crippen LogP contribution in [0.1, 0.15) is 40.0 Å². The summed E-state index contributed by atoms with van der Waals surface area (Å²) in [7, 11) is 0. The average molecular weight is 281 g/mol. The smallest absolute Gasteiger partial charge is 0.311 e. The number of aromatic nitrogens is 1. The summed E-state index contributed by atoms with van der Waals surface area (Å²) < 4.78 is 0. The van der Waals surface area contributed by atoms with Gasteiger partial charge in [0.05, 0.1) is 4.92 Å². The number of pyridine rings is 1. The molecule has 0 amide bonds. The first-order valence-electron chi connectivity index (χ1n) is 6.90. The summed E-state index contributed by atoms with van der Waals surface area (Å²) >= 11 is 0. The van der Waals surface area contributed by atoms with Crippen molar-refractivity contribution in [2.24, 2.45) is 5.84 Å². The fourth-order valence-electron chi connectivity index (χ4n) is 2.02. The summed E-state index contributed by atoms with van der Waals surface area (Å²) in [5, 5.41) is 11.2. The maximum absolute atomic E-state index is 11.2. The molecule has 0 aliphatic rings. The first-order chi connectivity index (χ1) is 9.51. The third-order valence-corrected chi connectivity index (χ3v) is 3.10. The minimum atomic E-state index is -0.405. The summed E-state index contributed by atoms with van der Waals surface area (Å²) in [6.07, 6.45) is 3.17. The Balaban J connectivity index is 3.11. The molecule has 7 heteroatoms. The largest absolute Gasteiger partial charge is 0.348 e. The molecule has 1 heterocycles. The molecule has 0 spiro atoms. The van der Waals surface area contributed by atoms with Crippen LogP contribution in [0.25, 0.3) is 0 Å². The standard InChI is InChI=1S/C13H23N5O2/c1-4-5-6-9-17(10(2)3)13-11(18(19)20)7-8-12(15-13)16-14/h7-8,10H,4-6,9,14H2,1-3H3,(H,15,16). The lowest BCUT2D eigenvalue weighted by Gasteiger charge is -2.27. The van der Waals surface area contributed by atoms with Gasteiger partial charge in [0.2, 0.25) is 5.82 Å². The molecule has 3 N–H and O–H groups in total. The van der Waals surface area contributed by atoms with Gasteiger partial charge >= 0.3 is 5.69 Å².